The number of carbonyl (C=O) groups is 3. The van der Waals surface area contributed by atoms with Crippen LogP contribution in [0.5, 0.6) is 0 Å². The van der Waals surface area contributed by atoms with Gasteiger partial charge in [-0.15, -0.1) is 0 Å². The Morgan fingerprint density at radius 1 is 0.263 bits per heavy atom. The molecule has 0 fully saturated rings. The van der Waals surface area contributed by atoms with Crippen molar-refractivity contribution in [1.82, 2.24) is 0 Å². The fraction of sp³-hybridized carbons (Fsp3) is 0.743. The maximum absolute atomic E-state index is 12.9. The third-order valence-electron chi connectivity index (χ3n) is 14.8. The summed E-state index contributed by atoms with van der Waals surface area (Å²) in [6.07, 6.45) is 91.4. The quantitative estimate of drug-likeness (QED) is 0.0261. The zero-order valence-corrected chi connectivity index (χ0v) is 52.8. The van der Waals surface area contributed by atoms with Crippen LogP contribution in [0.25, 0.3) is 0 Å². The molecule has 0 aromatic heterocycles. The number of allylic oxidation sites excluding steroid dienone is 16. The summed E-state index contributed by atoms with van der Waals surface area (Å²) < 4.78 is 17.0. The largest absolute Gasteiger partial charge is 0.462 e. The minimum atomic E-state index is -0.787. The number of esters is 3. The summed E-state index contributed by atoms with van der Waals surface area (Å²) in [5.74, 6) is -0.885. The van der Waals surface area contributed by atoms with Gasteiger partial charge in [-0.1, -0.05) is 298 Å². The number of hydrogen-bond acceptors (Lipinski definition) is 6. The van der Waals surface area contributed by atoms with Crippen LogP contribution in [0.3, 0.4) is 0 Å². The first-order valence-electron chi connectivity index (χ1n) is 34.2. The van der Waals surface area contributed by atoms with Gasteiger partial charge in [0.25, 0.3) is 0 Å². The second-order valence-corrected chi connectivity index (χ2v) is 22.7. The summed E-state index contributed by atoms with van der Waals surface area (Å²) in [5.41, 5.74) is 0. The second-order valence-electron chi connectivity index (χ2n) is 22.7. The molecule has 1 unspecified atom stereocenters. The van der Waals surface area contributed by atoms with Crippen LogP contribution in [0.1, 0.15) is 335 Å². The van der Waals surface area contributed by atoms with Crippen molar-refractivity contribution in [2.45, 2.75) is 341 Å². The van der Waals surface area contributed by atoms with E-state index in [-0.39, 0.29) is 31.1 Å². The third kappa shape index (κ3) is 65.1. The van der Waals surface area contributed by atoms with Crippen LogP contribution in [-0.4, -0.2) is 37.2 Å². The Balaban J connectivity index is 4.27. The molecule has 0 aliphatic heterocycles. The first-order chi connectivity index (χ1) is 39.5. The van der Waals surface area contributed by atoms with Gasteiger partial charge in [-0.25, -0.2) is 0 Å². The molecular formula is C74H128O6. The highest BCUT2D eigenvalue weighted by Gasteiger charge is 2.19. The Hall–Kier alpha value is -3.67. The zero-order chi connectivity index (χ0) is 57.8. The lowest BCUT2D eigenvalue weighted by atomic mass is 10.0. The fourth-order valence-corrected chi connectivity index (χ4v) is 9.74. The van der Waals surface area contributed by atoms with Crippen molar-refractivity contribution < 1.29 is 28.6 Å². The van der Waals surface area contributed by atoms with Gasteiger partial charge in [0.15, 0.2) is 6.10 Å². The topological polar surface area (TPSA) is 78.9 Å². The van der Waals surface area contributed by atoms with Gasteiger partial charge in [0.1, 0.15) is 13.2 Å². The highest BCUT2D eigenvalue weighted by Crippen LogP contribution is 2.17. The molecule has 0 bridgehead atoms. The zero-order valence-electron chi connectivity index (χ0n) is 52.8. The molecule has 460 valence electrons. The Kier molecular flexibility index (Phi) is 64.7. The lowest BCUT2D eigenvalue weighted by Gasteiger charge is -2.18. The van der Waals surface area contributed by atoms with Crippen molar-refractivity contribution in [3.8, 4) is 0 Å². The number of ether oxygens (including phenoxy) is 3. The second kappa shape index (κ2) is 67.8. The van der Waals surface area contributed by atoms with E-state index in [0.29, 0.717) is 19.3 Å². The third-order valence-corrected chi connectivity index (χ3v) is 14.8. The fourth-order valence-electron chi connectivity index (χ4n) is 9.74. The molecule has 80 heavy (non-hydrogen) atoms. The van der Waals surface area contributed by atoms with Crippen molar-refractivity contribution >= 4 is 17.9 Å². The molecule has 0 N–H and O–H groups in total. The molecule has 0 aromatic rings. The van der Waals surface area contributed by atoms with Crippen molar-refractivity contribution in [1.29, 1.82) is 0 Å². The molecule has 6 nitrogen and oxygen atoms in total. The smallest absolute Gasteiger partial charge is 0.306 e. The molecule has 0 amide bonds. The van der Waals surface area contributed by atoms with Crippen molar-refractivity contribution in [3.05, 3.63) is 97.2 Å². The number of unbranched alkanes of at least 4 members (excludes halogenated alkanes) is 35. The predicted octanol–water partition coefficient (Wildman–Crippen LogP) is 23.6. The molecule has 0 saturated heterocycles. The summed E-state index contributed by atoms with van der Waals surface area (Å²) >= 11 is 0. The van der Waals surface area contributed by atoms with E-state index < -0.39 is 6.10 Å². The Labute approximate surface area is 496 Å². The van der Waals surface area contributed by atoms with E-state index in [4.69, 9.17) is 14.2 Å². The number of hydrogen-bond donors (Lipinski definition) is 0. The minimum absolute atomic E-state index is 0.0817. The number of carbonyl (C=O) groups excluding carboxylic acids is 3. The Bertz CT molecular complexity index is 1560. The molecule has 0 heterocycles. The van der Waals surface area contributed by atoms with Gasteiger partial charge in [0.2, 0.25) is 0 Å². The SMILES string of the molecule is CC/C=C\C/C=C\C/C=C\C/C=C\CCCCCCCCCCCCCCCCCCC(=O)OCC(COC(=O)CCCCCCC/C=C\CCCCCCCCC)OC(=O)CCCCCCCCC/C=C\C/C=C\C/C=C\CC. The molecule has 0 aliphatic carbocycles. The van der Waals surface area contributed by atoms with Crippen LogP contribution in [0.2, 0.25) is 0 Å². The average Bonchev–Trinajstić information content (AvgIpc) is 3.46. The molecule has 1 atom stereocenters. The number of rotatable bonds is 62. The van der Waals surface area contributed by atoms with Gasteiger partial charge in [-0.3, -0.25) is 14.4 Å². The van der Waals surface area contributed by atoms with E-state index in [1.54, 1.807) is 0 Å². The summed E-state index contributed by atoms with van der Waals surface area (Å²) in [5, 5.41) is 0. The minimum Gasteiger partial charge on any atom is -0.462 e. The van der Waals surface area contributed by atoms with E-state index in [0.717, 1.165) is 116 Å². The maximum atomic E-state index is 12.9. The van der Waals surface area contributed by atoms with Gasteiger partial charge in [0, 0.05) is 19.3 Å². The molecule has 0 aliphatic rings. The molecule has 0 spiro atoms. The maximum Gasteiger partial charge on any atom is 0.306 e. The highest BCUT2D eigenvalue weighted by molar-refractivity contribution is 5.71. The van der Waals surface area contributed by atoms with Crippen LogP contribution in [-0.2, 0) is 28.6 Å². The van der Waals surface area contributed by atoms with Crippen LogP contribution >= 0.6 is 0 Å². The first kappa shape index (κ1) is 76.3. The van der Waals surface area contributed by atoms with E-state index in [9.17, 15) is 14.4 Å². The highest BCUT2D eigenvalue weighted by atomic mass is 16.6. The average molecular weight is 1110 g/mol. The molecule has 6 heteroatoms. The molecular weight excluding hydrogens is 985 g/mol. The summed E-state index contributed by atoms with van der Waals surface area (Å²) in [6.45, 7) is 6.44. The van der Waals surface area contributed by atoms with E-state index in [1.807, 2.05) is 0 Å². The van der Waals surface area contributed by atoms with E-state index >= 15 is 0 Å². The molecule has 0 saturated carbocycles. The summed E-state index contributed by atoms with van der Waals surface area (Å²) in [6, 6.07) is 0. The van der Waals surface area contributed by atoms with Gasteiger partial charge in [-0.05, 0) is 116 Å². The standard InChI is InChI=1S/C74H128O6/c1-4-7-10-13-16-19-22-25-28-31-32-33-34-35-36-37-38-39-40-41-42-44-46-49-52-55-58-61-64-67-73(76)79-70-71(69-78-72(75)66-63-60-57-54-51-48-45-30-27-24-21-18-15-12-9-6-3)80-74(77)68-65-62-59-56-53-50-47-43-29-26-23-20-17-14-11-8-5-2/h7-8,10-11,16-17,19-20,25-26,28-30,32-33,45,71H,4-6,9,12-15,18,21-24,27,31,34-44,46-70H2,1-3H3/b10-7-,11-8-,19-16-,20-17-,28-25-,29-26-,33-32-,45-30-. The normalized spacial score (nSPS) is 12.7. The Morgan fingerprint density at radius 3 is 0.775 bits per heavy atom. The Morgan fingerprint density at radius 2 is 0.487 bits per heavy atom. The molecule has 0 aromatic carbocycles. The first-order valence-corrected chi connectivity index (χ1v) is 34.2. The monoisotopic (exact) mass is 1110 g/mol. The van der Waals surface area contributed by atoms with Crippen molar-refractivity contribution in [2.75, 3.05) is 13.2 Å². The van der Waals surface area contributed by atoms with Crippen LogP contribution in [0, 0.1) is 0 Å². The lowest BCUT2D eigenvalue weighted by Crippen LogP contribution is -2.30. The van der Waals surface area contributed by atoms with Crippen LogP contribution in [0.4, 0.5) is 0 Å². The van der Waals surface area contributed by atoms with Crippen molar-refractivity contribution in [3.63, 3.8) is 0 Å². The lowest BCUT2D eigenvalue weighted by molar-refractivity contribution is -0.167. The molecule has 0 rings (SSSR count). The van der Waals surface area contributed by atoms with Crippen LogP contribution in [0.15, 0.2) is 97.2 Å². The van der Waals surface area contributed by atoms with E-state index in [1.165, 1.54) is 180 Å². The molecule has 0 radical (unpaired) electrons. The van der Waals surface area contributed by atoms with Gasteiger partial charge < -0.3 is 14.2 Å². The van der Waals surface area contributed by atoms with Gasteiger partial charge in [-0.2, -0.15) is 0 Å². The predicted molar refractivity (Wildman–Crippen MR) is 348 cm³/mol. The van der Waals surface area contributed by atoms with Gasteiger partial charge >= 0.3 is 17.9 Å². The summed E-state index contributed by atoms with van der Waals surface area (Å²) in [7, 11) is 0. The van der Waals surface area contributed by atoms with Crippen molar-refractivity contribution in [2.24, 2.45) is 0 Å². The van der Waals surface area contributed by atoms with Crippen LogP contribution < -0.4 is 0 Å². The van der Waals surface area contributed by atoms with E-state index in [2.05, 4.69) is 118 Å². The summed E-state index contributed by atoms with van der Waals surface area (Å²) in [4.78, 5) is 38.4. The van der Waals surface area contributed by atoms with Gasteiger partial charge in [0.05, 0.1) is 0 Å².